The number of esters is 1. The van der Waals surface area contributed by atoms with Crippen LogP contribution in [0.3, 0.4) is 0 Å². The molecular weight excluding hydrogens is 316 g/mol. The molecule has 0 amide bonds. The van der Waals surface area contributed by atoms with Crippen molar-refractivity contribution in [1.29, 1.82) is 0 Å². The number of carbonyl (C=O) groups is 1. The van der Waals surface area contributed by atoms with Crippen molar-refractivity contribution in [3.63, 3.8) is 0 Å². The predicted octanol–water partition coefficient (Wildman–Crippen LogP) is 0.102. The molecule has 0 bridgehead atoms. The van der Waals surface area contributed by atoms with E-state index in [-0.39, 0.29) is 28.4 Å². The Balaban J connectivity index is 2.89. The molecule has 9 heteroatoms. The smallest absolute Gasteiger partial charge is 0.337 e. The Morgan fingerprint density at radius 1 is 1.43 bits per heavy atom. The van der Waals surface area contributed by atoms with Crippen molar-refractivity contribution in [1.82, 2.24) is 4.72 Å². The van der Waals surface area contributed by atoms with Gasteiger partial charge in [-0.15, -0.1) is 0 Å². The van der Waals surface area contributed by atoms with E-state index in [0.717, 1.165) is 0 Å². The largest absolute Gasteiger partial charge is 0.465 e. The Kier molecular flexibility index (Phi) is 6.31. The fourth-order valence-corrected chi connectivity index (χ4v) is 3.44. The number of sulfonamides is 1. The van der Waals surface area contributed by atoms with Gasteiger partial charge in [0.25, 0.3) is 0 Å². The zero-order chi connectivity index (χ0) is 16.0. The number of hydrogen-bond donors (Lipinski definition) is 2. The number of ether oxygens (including phenoxy) is 1. The van der Waals surface area contributed by atoms with Gasteiger partial charge in [-0.1, -0.05) is 6.92 Å². The van der Waals surface area contributed by atoms with Crippen molar-refractivity contribution in [2.75, 3.05) is 30.9 Å². The number of rotatable bonds is 7. The summed E-state index contributed by atoms with van der Waals surface area (Å²) in [6, 6.07) is 3.80. The van der Waals surface area contributed by atoms with Gasteiger partial charge in [-0.05, 0) is 18.2 Å². The molecule has 0 saturated heterocycles. The highest BCUT2D eigenvalue weighted by atomic mass is 32.2. The lowest BCUT2D eigenvalue weighted by Crippen LogP contribution is -2.28. The van der Waals surface area contributed by atoms with Crippen molar-refractivity contribution < 1.29 is 22.2 Å². The van der Waals surface area contributed by atoms with E-state index in [1.807, 2.05) is 0 Å². The molecule has 0 aliphatic carbocycles. The molecule has 0 radical (unpaired) electrons. The van der Waals surface area contributed by atoms with Gasteiger partial charge in [0.1, 0.15) is 4.90 Å². The van der Waals surface area contributed by atoms with E-state index >= 15 is 0 Å². The number of benzene rings is 1. The van der Waals surface area contributed by atoms with Crippen molar-refractivity contribution in [2.24, 2.45) is 0 Å². The van der Waals surface area contributed by atoms with Crippen LogP contribution in [0.1, 0.15) is 17.3 Å². The third kappa shape index (κ3) is 4.80. The Morgan fingerprint density at radius 2 is 2.10 bits per heavy atom. The van der Waals surface area contributed by atoms with Crippen LogP contribution in [-0.2, 0) is 25.6 Å². The van der Waals surface area contributed by atoms with E-state index in [9.17, 15) is 17.4 Å². The standard InChI is InChI=1S/C12H18N2O5S2/c1-3-20(16)7-6-14-21(17,18)11-5-4-9(8-10(11)13)12(15)19-2/h4-5,8,14H,3,6-7,13H2,1-2H3. The Labute approximate surface area is 126 Å². The summed E-state index contributed by atoms with van der Waals surface area (Å²) in [5, 5.41) is 0. The summed E-state index contributed by atoms with van der Waals surface area (Å²) in [6.45, 7) is 1.81. The minimum absolute atomic E-state index is 0.0537. The van der Waals surface area contributed by atoms with Crippen LogP contribution in [0.5, 0.6) is 0 Å². The number of nitrogen functional groups attached to an aromatic ring is 1. The molecule has 0 aliphatic heterocycles. The highest BCUT2D eigenvalue weighted by Gasteiger charge is 2.19. The fraction of sp³-hybridized carbons (Fsp3) is 0.417. The number of nitrogens with one attached hydrogen (secondary N) is 1. The first-order valence-corrected chi connectivity index (χ1v) is 9.11. The second kappa shape index (κ2) is 7.53. The van der Waals surface area contributed by atoms with Gasteiger partial charge in [0.05, 0.1) is 18.4 Å². The number of carbonyl (C=O) groups excluding carboxylic acids is 1. The van der Waals surface area contributed by atoms with E-state index in [1.54, 1.807) is 6.92 Å². The van der Waals surface area contributed by atoms with Gasteiger partial charge in [-0.2, -0.15) is 0 Å². The van der Waals surface area contributed by atoms with Gasteiger partial charge in [-0.3, -0.25) is 4.21 Å². The topological polar surface area (TPSA) is 116 Å². The molecule has 1 rings (SSSR count). The SMILES string of the molecule is CCS(=O)CCNS(=O)(=O)c1ccc(C(=O)OC)cc1N. The molecule has 0 heterocycles. The molecule has 118 valence electrons. The number of nitrogens with two attached hydrogens (primary N) is 1. The first-order valence-electron chi connectivity index (χ1n) is 6.14. The lowest BCUT2D eigenvalue weighted by molar-refractivity contribution is 0.0600. The molecule has 1 aromatic rings. The van der Waals surface area contributed by atoms with Gasteiger partial charge in [0, 0.05) is 28.9 Å². The van der Waals surface area contributed by atoms with Crippen LogP contribution in [0.25, 0.3) is 0 Å². The molecule has 1 unspecified atom stereocenters. The zero-order valence-corrected chi connectivity index (χ0v) is 13.4. The Hall–Kier alpha value is -1.45. The van der Waals surface area contributed by atoms with E-state index in [2.05, 4.69) is 9.46 Å². The zero-order valence-electron chi connectivity index (χ0n) is 11.8. The lowest BCUT2D eigenvalue weighted by atomic mass is 10.2. The molecule has 0 aliphatic rings. The monoisotopic (exact) mass is 334 g/mol. The van der Waals surface area contributed by atoms with Gasteiger partial charge in [0.15, 0.2) is 0 Å². The minimum Gasteiger partial charge on any atom is -0.465 e. The maximum atomic E-state index is 12.1. The first-order chi connectivity index (χ1) is 9.81. The normalized spacial score (nSPS) is 12.9. The van der Waals surface area contributed by atoms with Crippen molar-refractivity contribution in [2.45, 2.75) is 11.8 Å². The lowest BCUT2D eigenvalue weighted by Gasteiger charge is -2.10. The highest BCUT2D eigenvalue weighted by molar-refractivity contribution is 7.89. The van der Waals surface area contributed by atoms with Gasteiger partial charge < -0.3 is 10.5 Å². The Morgan fingerprint density at radius 3 is 2.62 bits per heavy atom. The molecule has 7 nitrogen and oxygen atoms in total. The second-order valence-corrected chi connectivity index (χ2v) is 7.68. The summed E-state index contributed by atoms with van der Waals surface area (Å²) >= 11 is 0. The summed E-state index contributed by atoms with van der Waals surface area (Å²) in [7, 11) is -3.64. The quantitative estimate of drug-likeness (QED) is 0.540. The summed E-state index contributed by atoms with van der Waals surface area (Å²) in [6.07, 6.45) is 0. The van der Waals surface area contributed by atoms with E-state index in [1.165, 1.54) is 25.3 Å². The van der Waals surface area contributed by atoms with Gasteiger partial charge in [0.2, 0.25) is 10.0 Å². The van der Waals surface area contributed by atoms with Crippen LogP contribution in [0.15, 0.2) is 23.1 Å². The van der Waals surface area contributed by atoms with Crippen molar-refractivity contribution in [3.8, 4) is 0 Å². The van der Waals surface area contributed by atoms with Crippen molar-refractivity contribution >= 4 is 32.5 Å². The maximum absolute atomic E-state index is 12.1. The first kappa shape index (κ1) is 17.6. The van der Waals surface area contributed by atoms with Gasteiger partial charge in [-0.25, -0.2) is 17.9 Å². The molecular formula is C12H18N2O5S2. The number of methoxy groups -OCH3 is 1. The molecule has 0 fully saturated rings. The number of anilines is 1. The average Bonchev–Trinajstić information content (AvgIpc) is 2.45. The van der Waals surface area contributed by atoms with Crippen LogP contribution in [0, 0.1) is 0 Å². The van der Waals surface area contributed by atoms with Crippen LogP contribution in [0.4, 0.5) is 5.69 Å². The fourth-order valence-electron chi connectivity index (χ4n) is 1.55. The molecule has 3 N–H and O–H groups in total. The van der Waals surface area contributed by atoms with Crippen LogP contribution >= 0.6 is 0 Å². The average molecular weight is 334 g/mol. The van der Waals surface area contributed by atoms with E-state index < -0.39 is 26.8 Å². The summed E-state index contributed by atoms with van der Waals surface area (Å²) in [5.41, 5.74) is 5.78. The molecule has 1 aromatic carbocycles. The molecule has 0 spiro atoms. The summed E-state index contributed by atoms with van der Waals surface area (Å²) < 4.78 is 42.2. The highest BCUT2D eigenvalue weighted by Crippen LogP contribution is 2.20. The van der Waals surface area contributed by atoms with Crippen LogP contribution in [-0.4, -0.2) is 43.8 Å². The van der Waals surface area contributed by atoms with E-state index in [4.69, 9.17) is 5.73 Å². The summed E-state index contributed by atoms with van der Waals surface area (Å²) in [4.78, 5) is 11.2. The van der Waals surface area contributed by atoms with Gasteiger partial charge >= 0.3 is 5.97 Å². The van der Waals surface area contributed by atoms with Crippen LogP contribution < -0.4 is 10.5 Å². The molecule has 0 aromatic heterocycles. The van der Waals surface area contributed by atoms with E-state index in [0.29, 0.717) is 5.75 Å². The summed E-state index contributed by atoms with van der Waals surface area (Å²) in [5.74, 6) is 0.102. The predicted molar refractivity (Wildman–Crippen MR) is 80.9 cm³/mol. The third-order valence-corrected chi connectivity index (χ3v) is 5.50. The molecule has 21 heavy (non-hydrogen) atoms. The maximum Gasteiger partial charge on any atom is 0.337 e. The number of hydrogen-bond acceptors (Lipinski definition) is 6. The van der Waals surface area contributed by atoms with Crippen LogP contribution in [0.2, 0.25) is 0 Å². The second-order valence-electron chi connectivity index (χ2n) is 4.07. The Bertz CT molecular complexity index is 643. The molecule has 1 atom stereocenters. The minimum atomic E-state index is -3.81. The molecule has 0 saturated carbocycles. The third-order valence-electron chi connectivity index (χ3n) is 2.66. The van der Waals surface area contributed by atoms with Crippen molar-refractivity contribution in [3.05, 3.63) is 23.8 Å².